The predicted molar refractivity (Wildman–Crippen MR) is 58.4 cm³/mol. The van der Waals surface area contributed by atoms with E-state index < -0.39 is 5.76 Å². The molecule has 1 saturated carbocycles. The minimum absolute atomic E-state index is 0.151. The van der Waals surface area contributed by atoms with Gasteiger partial charge in [-0.1, -0.05) is 6.92 Å². The Hall–Kier alpha value is -1.84. The van der Waals surface area contributed by atoms with Gasteiger partial charge in [0.15, 0.2) is 11.4 Å². The van der Waals surface area contributed by atoms with Crippen molar-refractivity contribution in [2.24, 2.45) is 11.8 Å². The predicted octanol–water partition coefficient (Wildman–Crippen LogP) is 1.96. The SMILES string of the molecule is CC1CC1C(=O)c1ccc2[nH]c(=O)oc2c1. The number of carbonyl (C=O) groups is 1. The summed E-state index contributed by atoms with van der Waals surface area (Å²) in [4.78, 5) is 25.4. The summed E-state index contributed by atoms with van der Waals surface area (Å²) in [7, 11) is 0. The molecular weight excluding hydrogens is 206 g/mol. The first-order chi connectivity index (χ1) is 7.65. The van der Waals surface area contributed by atoms with Crippen LogP contribution in [0.4, 0.5) is 0 Å². The van der Waals surface area contributed by atoms with Crippen LogP contribution >= 0.6 is 0 Å². The zero-order valence-electron chi connectivity index (χ0n) is 8.82. The highest BCUT2D eigenvalue weighted by atomic mass is 16.4. The van der Waals surface area contributed by atoms with E-state index >= 15 is 0 Å². The molecule has 0 saturated heterocycles. The van der Waals surface area contributed by atoms with E-state index in [-0.39, 0.29) is 11.7 Å². The summed E-state index contributed by atoms with van der Waals surface area (Å²) in [6.45, 7) is 2.07. The van der Waals surface area contributed by atoms with Gasteiger partial charge in [-0.15, -0.1) is 0 Å². The van der Waals surface area contributed by atoms with Gasteiger partial charge in [-0.2, -0.15) is 0 Å². The highest BCUT2D eigenvalue weighted by molar-refractivity contribution is 6.01. The Morgan fingerprint density at radius 1 is 1.50 bits per heavy atom. The number of ketones is 1. The Balaban J connectivity index is 2.04. The van der Waals surface area contributed by atoms with Crippen LogP contribution in [-0.2, 0) is 0 Å². The van der Waals surface area contributed by atoms with Gasteiger partial charge in [0.05, 0.1) is 5.52 Å². The monoisotopic (exact) mass is 217 g/mol. The number of oxazole rings is 1. The number of nitrogens with one attached hydrogen (secondary N) is 1. The fourth-order valence-electron chi connectivity index (χ4n) is 2.00. The highest BCUT2D eigenvalue weighted by Crippen LogP contribution is 2.40. The molecule has 1 aromatic carbocycles. The van der Waals surface area contributed by atoms with Gasteiger partial charge in [0.2, 0.25) is 0 Å². The van der Waals surface area contributed by atoms with E-state index in [0.29, 0.717) is 22.6 Å². The van der Waals surface area contributed by atoms with E-state index in [9.17, 15) is 9.59 Å². The van der Waals surface area contributed by atoms with Crippen molar-refractivity contribution in [2.45, 2.75) is 13.3 Å². The van der Waals surface area contributed by atoms with Crippen molar-refractivity contribution < 1.29 is 9.21 Å². The van der Waals surface area contributed by atoms with Crippen molar-refractivity contribution in [3.8, 4) is 0 Å². The number of rotatable bonds is 2. The van der Waals surface area contributed by atoms with Gasteiger partial charge < -0.3 is 4.42 Å². The number of hydrogen-bond donors (Lipinski definition) is 1. The first-order valence-corrected chi connectivity index (χ1v) is 5.32. The molecule has 0 spiro atoms. The molecule has 0 aliphatic heterocycles. The Labute approximate surface area is 91.3 Å². The Bertz CT molecular complexity index is 622. The van der Waals surface area contributed by atoms with Crippen molar-refractivity contribution >= 4 is 16.9 Å². The molecule has 3 rings (SSSR count). The van der Waals surface area contributed by atoms with Crippen LogP contribution in [-0.4, -0.2) is 10.8 Å². The maximum absolute atomic E-state index is 11.9. The highest BCUT2D eigenvalue weighted by Gasteiger charge is 2.39. The lowest BCUT2D eigenvalue weighted by atomic mass is 10.1. The van der Waals surface area contributed by atoms with Gasteiger partial charge in [0.1, 0.15) is 0 Å². The number of Topliss-reactive ketones (excluding diaryl/α,β-unsaturated/α-hetero) is 1. The van der Waals surface area contributed by atoms with E-state index in [0.717, 1.165) is 6.42 Å². The van der Waals surface area contributed by atoms with Gasteiger partial charge in [0, 0.05) is 11.5 Å². The fraction of sp³-hybridized carbons (Fsp3) is 0.333. The first-order valence-electron chi connectivity index (χ1n) is 5.32. The lowest BCUT2D eigenvalue weighted by Crippen LogP contribution is -2.02. The number of aromatic amines is 1. The van der Waals surface area contributed by atoms with Crippen LogP contribution in [0.25, 0.3) is 11.1 Å². The molecule has 0 radical (unpaired) electrons. The lowest BCUT2D eigenvalue weighted by molar-refractivity contribution is 0.0962. The van der Waals surface area contributed by atoms with E-state index in [1.807, 2.05) is 0 Å². The van der Waals surface area contributed by atoms with Gasteiger partial charge in [-0.25, -0.2) is 4.79 Å². The maximum Gasteiger partial charge on any atom is 0.417 e. The molecule has 1 aliphatic carbocycles. The molecular formula is C12H11NO3. The summed E-state index contributed by atoms with van der Waals surface area (Å²) in [6, 6.07) is 5.09. The zero-order chi connectivity index (χ0) is 11.3. The summed E-state index contributed by atoms with van der Waals surface area (Å²) >= 11 is 0. The van der Waals surface area contributed by atoms with Crippen LogP contribution in [0, 0.1) is 11.8 Å². The fourth-order valence-corrected chi connectivity index (χ4v) is 2.00. The third-order valence-corrected chi connectivity index (χ3v) is 3.15. The summed E-state index contributed by atoms with van der Waals surface area (Å²) in [5.41, 5.74) is 1.71. The molecule has 2 unspecified atom stereocenters. The number of benzene rings is 1. The van der Waals surface area contributed by atoms with Crippen molar-refractivity contribution in [3.05, 3.63) is 34.3 Å². The smallest absolute Gasteiger partial charge is 0.408 e. The van der Waals surface area contributed by atoms with Crippen LogP contribution < -0.4 is 5.76 Å². The third-order valence-electron chi connectivity index (χ3n) is 3.15. The number of H-pyrrole nitrogens is 1. The van der Waals surface area contributed by atoms with Crippen molar-refractivity contribution in [1.29, 1.82) is 0 Å². The molecule has 1 aliphatic rings. The summed E-state index contributed by atoms with van der Waals surface area (Å²) in [6.07, 6.45) is 0.966. The van der Waals surface area contributed by atoms with E-state index in [2.05, 4.69) is 11.9 Å². The second-order valence-electron chi connectivity index (χ2n) is 4.41. The van der Waals surface area contributed by atoms with Crippen molar-refractivity contribution in [1.82, 2.24) is 4.98 Å². The van der Waals surface area contributed by atoms with Crippen LogP contribution in [0.2, 0.25) is 0 Å². The lowest BCUT2D eigenvalue weighted by Gasteiger charge is -1.98. The zero-order valence-corrected chi connectivity index (χ0v) is 8.82. The molecule has 1 heterocycles. The van der Waals surface area contributed by atoms with Gasteiger partial charge in [0.25, 0.3) is 0 Å². The maximum atomic E-state index is 11.9. The summed E-state index contributed by atoms with van der Waals surface area (Å²) < 4.78 is 4.92. The number of fused-ring (bicyclic) bond motifs is 1. The van der Waals surface area contributed by atoms with Gasteiger partial charge in [-0.05, 0) is 30.5 Å². The molecule has 2 aromatic rings. The van der Waals surface area contributed by atoms with Gasteiger partial charge >= 0.3 is 5.76 Å². The van der Waals surface area contributed by atoms with Crippen LogP contribution in [0.5, 0.6) is 0 Å². The van der Waals surface area contributed by atoms with Crippen LogP contribution in [0.1, 0.15) is 23.7 Å². The molecule has 0 amide bonds. The third kappa shape index (κ3) is 1.38. The van der Waals surface area contributed by atoms with E-state index in [4.69, 9.17) is 4.42 Å². The Kier molecular flexibility index (Phi) is 1.80. The average molecular weight is 217 g/mol. The van der Waals surface area contributed by atoms with Crippen LogP contribution in [0.15, 0.2) is 27.4 Å². The summed E-state index contributed by atoms with van der Waals surface area (Å²) in [5.74, 6) is 0.308. The number of hydrogen-bond acceptors (Lipinski definition) is 3. The Morgan fingerprint density at radius 2 is 2.25 bits per heavy atom. The molecule has 2 atom stereocenters. The summed E-state index contributed by atoms with van der Waals surface area (Å²) in [5, 5.41) is 0. The molecule has 1 fully saturated rings. The largest absolute Gasteiger partial charge is 0.417 e. The number of aromatic nitrogens is 1. The molecule has 16 heavy (non-hydrogen) atoms. The first kappa shape index (κ1) is 9.39. The molecule has 4 nitrogen and oxygen atoms in total. The standard InChI is InChI=1S/C12H11NO3/c1-6-4-8(6)11(14)7-2-3-9-10(5-7)16-12(15)13-9/h2-3,5-6,8H,4H2,1H3,(H,13,15). The molecule has 1 aromatic heterocycles. The molecule has 0 bridgehead atoms. The second-order valence-corrected chi connectivity index (χ2v) is 4.41. The van der Waals surface area contributed by atoms with Crippen LogP contribution in [0.3, 0.4) is 0 Å². The molecule has 1 N–H and O–H groups in total. The van der Waals surface area contributed by atoms with Gasteiger partial charge in [-0.3, -0.25) is 9.78 Å². The number of carbonyl (C=O) groups excluding carboxylic acids is 1. The second kappa shape index (κ2) is 3.07. The quantitative estimate of drug-likeness (QED) is 0.782. The minimum Gasteiger partial charge on any atom is -0.408 e. The Morgan fingerprint density at radius 3 is 2.94 bits per heavy atom. The minimum atomic E-state index is -0.487. The average Bonchev–Trinajstić information content (AvgIpc) is 2.85. The topological polar surface area (TPSA) is 63.1 Å². The van der Waals surface area contributed by atoms with Crippen molar-refractivity contribution in [2.75, 3.05) is 0 Å². The van der Waals surface area contributed by atoms with E-state index in [1.165, 1.54) is 0 Å². The van der Waals surface area contributed by atoms with E-state index in [1.54, 1.807) is 18.2 Å². The normalized spacial score (nSPS) is 23.6. The van der Waals surface area contributed by atoms with Crippen molar-refractivity contribution in [3.63, 3.8) is 0 Å². The molecule has 4 heteroatoms. The molecule has 82 valence electrons.